The molecule has 9 heteroatoms. The topological polar surface area (TPSA) is 99.2 Å². The summed E-state index contributed by atoms with van der Waals surface area (Å²) < 4.78 is 9.84. The van der Waals surface area contributed by atoms with E-state index in [-0.39, 0.29) is 12.5 Å². The molecule has 0 atom stereocenters. The Bertz CT molecular complexity index is 1520. The first-order valence-corrected chi connectivity index (χ1v) is 11.5. The molecule has 3 aromatic heterocycles. The molecule has 9 nitrogen and oxygen atoms in total. The largest absolute Gasteiger partial charge is 0.486 e. The van der Waals surface area contributed by atoms with Gasteiger partial charge in [0.15, 0.2) is 5.82 Å². The zero-order valence-electron chi connectivity index (χ0n) is 19.1. The molecule has 0 bridgehead atoms. The lowest BCUT2D eigenvalue weighted by atomic mass is 10.1. The van der Waals surface area contributed by atoms with Crippen LogP contribution < -0.4 is 10.1 Å². The predicted molar refractivity (Wildman–Crippen MR) is 130 cm³/mol. The van der Waals surface area contributed by atoms with Crippen LogP contribution >= 0.6 is 0 Å². The SMILES string of the molecule is Cc1cccn2cc(COc3ccccc3C(=O)Nc3ccc(-c4nnnn4C4CC4)cc3)nc12. The summed E-state index contributed by atoms with van der Waals surface area (Å²) in [4.78, 5) is 17.7. The van der Waals surface area contributed by atoms with Crippen molar-refractivity contribution in [2.45, 2.75) is 32.4 Å². The lowest BCUT2D eigenvalue weighted by Crippen LogP contribution is -2.13. The summed E-state index contributed by atoms with van der Waals surface area (Å²) in [5.41, 5.74) is 4.81. The number of carbonyl (C=O) groups excluding carboxylic acids is 1. The van der Waals surface area contributed by atoms with E-state index in [9.17, 15) is 4.79 Å². The quantitative estimate of drug-likeness (QED) is 0.381. The molecule has 1 fully saturated rings. The van der Waals surface area contributed by atoms with E-state index in [1.165, 1.54) is 0 Å². The average Bonchev–Trinajstić information content (AvgIpc) is 3.44. The molecule has 1 N–H and O–H groups in total. The minimum absolute atomic E-state index is 0.248. The Hall–Kier alpha value is -4.53. The Balaban J connectivity index is 1.16. The number of nitrogens with one attached hydrogen (secondary N) is 1. The Morgan fingerprint density at radius 1 is 1.09 bits per heavy atom. The molecule has 0 unspecified atom stereocenters. The lowest BCUT2D eigenvalue weighted by molar-refractivity contribution is 0.102. The van der Waals surface area contributed by atoms with Gasteiger partial charge in [-0.25, -0.2) is 9.67 Å². The maximum absolute atomic E-state index is 13.0. The second kappa shape index (κ2) is 8.68. The molecule has 1 aliphatic rings. The standard InChI is InChI=1S/C26H23N7O2/c1-17-5-4-14-32-15-20(27-24(17)32)16-35-23-7-3-2-6-22(23)26(34)28-19-10-8-18(9-11-19)25-29-30-31-33(25)21-12-13-21/h2-11,14-15,21H,12-13,16H2,1H3,(H,28,34). The molecule has 2 aromatic carbocycles. The van der Waals surface area contributed by atoms with Gasteiger partial charge in [-0.05, 0) is 78.2 Å². The summed E-state index contributed by atoms with van der Waals surface area (Å²) in [5, 5.41) is 15.0. The number of carbonyl (C=O) groups is 1. The van der Waals surface area contributed by atoms with Gasteiger partial charge >= 0.3 is 0 Å². The smallest absolute Gasteiger partial charge is 0.259 e. The lowest BCUT2D eigenvalue weighted by Gasteiger charge is -2.11. The van der Waals surface area contributed by atoms with Gasteiger partial charge in [-0.3, -0.25) is 4.79 Å². The van der Waals surface area contributed by atoms with E-state index in [1.807, 2.05) is 76.9 Å². The van der Waals surface area contributed by atoms with Crippen LogP contribution in [-0.4, -0.2) is 35.5 Å². The van der Waals surface area contributed by atoms with E-state index in [1.54, 1.807) is 12.1 Å². The van der Waals surface area contributed by atoms with Crippen molar-refractivity contribution in [2.75, 3.05) is 5.32 Å². The minimum Gasteiger partial charge on any atom is -0.486 e. The number of ether oxygens (including phenoxy) is 1. The van der Waals surface area contributed by atoms with Crippen LogP contribution in [0.3, 0.4) is 0 Å². The van der Waals surface area contributed by atoms with Crippen molar-refractivity contribution in [2.24, 2.45) is 0 Å². The fourth-order valence-electron chi connectivity index (χ4n) is 4.06. The van der Waals surface area contributed by atoms with Crippen LogP contribution in [0.4, 0.5) is 5.69 Å². The Labute approximate surface area is 201 Å². The number of fused-ring (bicyclic) bond motifs is 1. The third-order valence-corrected chi connectivity index (χ3v) is 6.02. The number of anilines is 1. The van der Waals surface area contributed by atoms with Crippen LogP contribution in [0.1, 0.15) is 40.5 Å². The van der Waals surface area contributed by atoms with Crippen molar-refractivity contribution in [1.29, 1.82) is 0 Å². The van der Waals surface area contributed by atoms with Gasteiger partial charge in [0.1, 0.15) is 18.0 Å². The van der Waals surface area contributed by atoms with Crippen molar-refractivity contribution in [3.05, 3.63) is 89.9 Å². The molecule has 3 heterocycles. The Morgan fingerprint density at radius 3 is 2.71 bits per heavy atom. The minimum atomic E-state index is -0.248. The van der Waals surface area contributed by atoms with Crippen LogP contribution in [0, 0.1) is 6.92 Å². The highest BCUT2D eigenvalue weighted by molar-refractivity contribution is 6.06. The fraction of sp³-hybridized carbons (Fsp3) is 0.192. The number of hydrogen-bond donors (Lipinski definition) is 1. The third-order valence-electron chi connectivity index (χ3n) is 6.02. The summed E-state index contributed by atoms with van der Waals surface area (Å²) in [6.45, 7) is 2.28. The highest BCUT2D eigenvalue weighted by Crippen LogP contribution is 2.36. The van der Waals surface area contributed by atoms with Crippen molar-refractivity contribution < 1.29 is 9.53 Å². The highest BCUT2D eigenvalue weighted by atomic mass is 16.5. The van der Waals surface area contributed by atoms with E-state index in [0.29, 0.717) is 23.0 Å². The first-order chi connectivity index (χ1) is 17.2. The van der Waals surface area contributed by atoms with Gasteiger partial charge in [-0.15, -0.1) is 5.10 Å². The zero-order valence-corrected chi connectivity index (χ0v) is 19.1. The number of aryl methyl sites for hydroxylation is 1. The van der Waals surface area contributed by atoms with Crippen LogP contribution in [0.2, 0.25) is 0 Å². The average molecular weight is 466 g/mol. The first kappa shape index (κ1) is 21.0. The maximum atomic E-state index is 13.0. The summed E-state index contributed by atoms with van der Waals surface area (Å²) in [6.07, 6.45) is 6.10. The van der Waals surface area contributed by atoms with Crippen molar-refractivity contribution >= 4 is 17.2 Å². The molecule has 5 aromatic rings. The van der Waals surface area contributed by atoms with Crippen LogP contribution in [0.5, 0.6) is 5.75 Å². The monoisotopic (exact) mass is 465 g/mol. The number of aromatic nitrogens is 6. The number of imidazole rings is 1. The van der Waals surface area contributed by atoms with Crippen molar-refractivity contribution in [3.63, 3.8) is 0 Å². The highest BCUT2D eigenvalue weighted by Gasteiger charge is 2.28. The number of benzene rings is 2. The third kappa shape index (κ3) is 4.23. The summed E-state index contributed by atoms with van der Waals surface area (Å²) >= 11 is 0. The second-order valence-corrected chi connectivity index (χ2v) is 8.65. The van der Waals surface area contributed by atoms with Crippen molar-refractivity contribution in [1.82, 2.24) is 29.6 Å². The maximum Gasteiger partial charge on any atom is 0.259 e. The normalized spacial score (nSPS) is 13.2. The van der Waals surface area contributed by atoms with Gasteiger partial charge in [-0.2, -0.15) is 0 Å². The molecule has 1 aliphatic carbocycles. The predicted octanol–water partition coefficient (Wildman–Crippen LogP) is 4.46. The molecule has 174 valence electrons. The summed E-state index contributed by atoms with van der Waals surface area (Å²) in [7, 11) is 0. The molecule has 0 saturated heterocycles. The molecular formula is C26H23N7O2. The Kier molecular flexibility index (Phi) is 5.21. The van der Waals surface area contributed by atoms with E-state index >= 15 is 0 Å². The molecule has 1 saturated carbocycles. The fourth-order valence-corrected chi connectivity index (χ4v) is 4.06. The van der Waals surface area contributed by atoms with E-state index in [2.05, 4.69) is 25.8 Å². The van der Waals surface area contributed by atoms with E-state index in [0.717, 1.165) is 41.1 Å². The van der Waals surface area contributed by atoms with Gasteiger partial charge in [0.25, 0.3) is 5.91 Å². The number of para-hydroxylation sites is 1. The van der Waals surface area contributed by atoms with Gasteiger partial charge in [0.2, 0.25) is 0 Å². The number of tetrazole rings is 1. The number of pyridine rings is 1. The van der Waals surface area contributed by atoms with Gasteiger partial charge in [0, 0.05) is 23.6 Å². The van der Waals surface area contributed by atoms with E-state index in [4.69, 9.17) is 4.74 Å². The molecular weight excluding hydrogens is 442 g/mol. The van der Waals surface area contributed by atoms with Crippen LogP contribution in [0.15, 0.2) is 73.1 Å². The van der Waals surface area contributed by atoms with Gasteiger partial charge in [-0.1, -0.05) is 18.2 Å². The van der Waals surface area contributed by atoms with Gasteiger partial charge < -0.3 is 14.5 Å². The van der Waals surface area contributed by atoms with Crippen LogP contribution in [-0.2, 0) is 6.61 Å². The van der Waals surface area contributed by atoms with Crippen LogP contribution in [0.25, 0.3) is 17.0 Å². The molecule has 0 spiro atoms. The second-order valence-electron chi connectivity index (χ2n) is 8.65. The summed E-state index contributed by atoms with van der Waals surface area (Å²) in [6, 6.07) is 19.1. The van der Waals surface area contributed by atoms with Crippen molar-refractivity contribution in [3.8, 4) is 17.1 Å². The zero-order chi connectivity index (χ0) is 23.8. The molecule has 0 aliphatic heterocycles. The Morgan fingerprint density at radius 2 is 1.91 bits per heavy atom. The number of amides is 1. The molecule has 0 radical (unpaired) electrons. The number of rotatable bonds is 7. The first-order valence-electron chi connectivity index (χ1n) is 11.5. The summed E-state index contributed by atoms with van der Waals surface area (Å²) in [5.74, 6) is 0.993. The molecule has 35 heavy (non-hydrogen) atoms. The number of hydrogen-bond acceptors (Lipinski definition) is 6. The molecule has 1 amide bonds. The van der Waals surface area contributed by atoms with E-state index < -0.39 is 0 Å². The number of nitrogens with zero attached hydrogens (tertiary/aromatic N) is 6. The van der Waals surface area contributed by atoms with Gasteiger partial charge in [0.05, 0.1) is 17.3 Å². The molecule has 6 rings (SSSR count).